The number of para-hydroxylation sites is 2. The SMILES string of the molecule is COc1ccc(C(=O)OCc2nc3ccccc3n2C(F)F)cc1S(=O)(=O)NC(C)(C)C. The van der Waals surface area contributed by atoms with Gasteiger partial charge >= 0.3 is 12.5 Å². The molecule has 0 unspecified atom stereocenters. The van der Waals surface area contributed by atoms with E-state index in [-0.39, 0.29) is 27.5 Å². The number of esters is 1. The van der Waals surface area contributed by atoms with Crippen LogP contribution < -0.4 is 9.46 Å². The number of halogens is 2. The summed E-state index contributed by atoms with van der Waals surface area (Å²) in [7, 11) is -2.71. The monoisotopic (exact) mass is 467 g/mol. The summed E-state index contributed by atoms with van der Waals surface area (Å²) in [6.45, 7) is 1.61. The molecule has 0 atom stereocenters. The van der Waals surface area contributed by atoms with Crippen molar-refractivity contribution in [1.82, 2.24) is 14.3 Å². The van der Waals surface area contributed by atoms with Crippen LogP contribution in [0.15, 0.2) is 47.4 Å². The number of fused-ring (bicyclic) bond motifs is 1. The Morgan fingerprint density at radius 1 is 1.19 bits per heavy atom. The quantitative estimate of drug-likeness (QED) is 0.530. The molecule has 0 aliphatic carbocycles. The molecule has 0 fully saturated rings. The van der Waals surface area contributed by atoms with Crippen LogP contribution in [0.4, 0.5) is 8.78 Å². The zero-order chi connectivity index (χ0) is 23.7. The molecule has 0 spiro atoms. The van der Waals surface area contributed by atoms with Crippen LogP contribution in [0.5, 0.6) is 5.75 Å². The average molecular weight is 467 g/mol. The highest BCUT2D eigenvalue weighted by molar-refractivity contribution is 7.89. The van der Waals surface area contributed by atoms with Crippen molar-refractivity contribution >= 4 is 27.0 Å². The molecule has 3 rings (SSSR count). The van der Waals surface area contributed by atoms with Gasteiger partial charge in [0.2, 0.25) is 10.0 Å². The molecule has 3 aromatic rings. The molecule has 0 amide bonds. The predicted molar refractivity (Wildman–Crippen MR) is 113 cm³/mol. The van der Waals surface area contributed by atoms with Crippen LogP contribution in [0.3, 0.4) is 0 Å². The van der Waals surface area contributed by atoms with Crippen LogP contribution in [-0.2, 0) is 21.4 Å². The zero-order valence-corrected chi connectivity index (χ0v) is 18.7. The van der Waals surface area contributed by atoms with Gasteiger partial charge in [-0.25, -0.2) is 22.9 Å². The van der Waals surface area contributed by atoms with Gasteiger partial charge in [0.15, 0.2) is 5.82 Å². The van der Waals surface area contributed by atoms with Crippen molar-refractivity contribution in [3.05, 3.63) is 53.9 Å². The van der Waals surface area contributed by atoms with E-state index < -0.39 is 34.7 Å². The fourth-order valence-electron chi connectivity index (χ4n) is 3.10. The van der Waals surface area contributed by atoms with E-state index in [2.05, 4.69) is 9.71 Å². The lowest BCUT2D eigenvalue weighted by Crippen LogP contribution is -2.40. The number of alkyl halides is 2. The number of carbonyl (C=O) groups is 1. The van der Waals surface area contributed by atoms with Crippen molar-refractivity contribution in [1.29, 1.82) is 0 Å². The smallest absolute Gasteiger partial charge is 0.338 e. The van der Waals surface area contributed by atoms with Gasteiger partial charge in [-0.2, -0.15) is 8.78 Å². The molecule has 0 saturated heterocycles. The maximum absolute atomic E-state index is 13.5. The van der Waals surface area contributed by atoms with E-state index >= 15 is 0 Å². The largest absolute Gasteiger partial charge is 0.495 e. The summed E-state index contributed by atoms with van der Waals surface area (Å²) in [4.78, 5) is 16.4. The lowest BCUT2D eigenvalue weighted by Gasteiger charge is -2.21. The zero-order valence-electron chi connectivity index (χ0n) is 17.9. The summed E-state index contributed by atoms with van der Waals surface area (Å²) in [6, 6.07) is 10.1. The number of rotatable bonds is 7. The van der Waals surface area contributed by atoms with E-state index in [4.69, 9.17) is 9.47 Å². The summed E-state index contributed by atoms with van der Waals surface area (Å²) >= 11 is 0. The molecule has 1 heterocycles. The lowest BCUT2D eigenvalue weighted by molar-refractivity contribution is 0.0387. The van der Waals surface area contributed by atoms with Gasteiger partial charge in [0.25, 0.3) is 0 Å². The summed E-state index contributed by atoms with van der Waals surface area (Å²) in [5.74, 6) is -0.990. The summed E-state index contributed by atoms with van der Waals surface area (Å²) in [6.07, 6.45) is 0. The molecule has 1 N–H and O–H groups in total. The number of nitrogens with one attached hydrogen (secondary N) is 1. The van der Waals surface area contributed by atoms with E-state index in [1.165, 1.54) is 25.3 Å². The number of nitrogens with zero attached hydrogens (tertiary/aromatic N) is 2. The van der Waals surface area contributed by atoms with Gasteiger partial charge in [-0.05, 0) is 51.1 Å². The maximum Gasteiger partial charge on any atom is 0.338 e. The van der Waals surface area contributed by atoms with Crippen LogP contribution in [0, 0.1) is 0 Å². The highest BCUT2D eigenvalue weighted by atomic mass is 32.2. The maximum atomic E-state index is 13.5. The minimum atomic E-state index is -4.02. The highest BCUT2D eigenvalue weighted by Crippen LogP contribution is 2.27. The lowest BCUT2D eigenvalue weighted by atomic mass is 10.1. The molecule has 32 heavy (non-hydrogen) atoms. The van der Waals surface area contributed by atoms with Crippen LogP contribution >= 0.6 is 0 Å². The minimum Gasteiger partial charge on any atom is -0.495 e. The van der Waals surface area contributed by atoms with Crippen molar-refractivity contribution in [2.24, 2.45) is 0 Å². The highest BCUT2D eigenvalue weighted by Gasteiger charge is 2.27. The Labute approximate surface area is 184 Å². The van der Waals surface area contributed by atoms with Crippen molar-refractivity contribution in [3.63, 3.8) is 0 Å². The number of ether oxygens (including phenoxy) is 2. The van der Waals surface area contributed by atoms with Crippen molar-refractivity contribution in [2.45, 2.75) is 44.4 Å². The molecule has 0 radical (unpaired) electrons. The van der Waals surface area contributed by atoms with Crippen molar-refractivity contribution < 1.29 is 31.5 Å². The number of carbonyl (C=O) groups excluding carboxylic acids is 1. The molecule has 8 nitrogen and oxygen atoms in total. The molecule has 11 heteroatoms. The van der Waals surface area contributed by atoms with E-state index in [0.29, 0.717) is 10.1 Å². The summed E-state index contributed by atoms with van der Waals surface area (Å²) < 4.78 is 66.0. The Balaban J connectivity index is 1.88. The number of aromatic nitrogens is 2. The molecule has 0 saturated carbocycles. The summed E-state index contributed by atoms with van der Waals surface area (Å²) in [5.41, 5.74) is -0.307. The number of sulfonamides is 1. The van der Waals surface area contributed by atoms with Crippen molar-refractivity contribution in [2.75, 3.05) is 7.11 Å². The third-order valence-corrected chi connectivity index (χ3v) is 6.10. The fourth-order valence-corrected chi connectivity index (χ4v) is 4.71. The molecule has 172 valence electrons. The van der Waals surface area contributed by atoms with Gasteiger partial charge in [-0.1, -0.05) is 12.1 Å². The van der Waals surface area contributed by atoms with Crippen LogP contribution in [-0.4, -0.2) is 36.6 Å². The predicted octanol–water partition coefficient (Wildman–Crippen LogP) is 3.87. The third-order valence-electron chi connectivity index (χ3n) is 4.33. The van der Waals surface area contributed by atoms with E-state index in [9.17, 15) is 22.0 Å². The number of hydrogen-bond acceptors (Lipinski definition) is 6. The Morgan fingerprint density at radius 2 is 1.88 bits per heavy atom. The van der Waals surface area contributed by atoms with E-state index in [0.717, 1.165) is 6.07 Å². The van der Waals surface area contributed by atoms with Crippen LogP contribution in [0.1, 0.15) is 43.5 Å². The molecular weight excluding hydrogens is 444 g/mol. The van der Waals surface area contributed by atoms with Gasteiger partial charge in [-0.3, -0.25) is 4.57 Å². The number of hydrogen-bond donors (Lipinski definition) is 1. The fraction of sp³-hybridized carbons (Fsp3) is 0.333. The van der Waals surface area contributed by atoms with E-state index in [1.807, 2.05) is 0 Å². The second-order valence-electron chi connectivity index (χ2n) is 7.96. The van der Waals surface area contributed by atoms with Gasteiger partial charge in [0, 0.05) is 5.54 Å². The molecule has 0 bridgehead atoms. The Morgan fingerprint density at radius 3 is 2.50 bits per heavy atom. The number of benzene rings is 2. The second-order valence-corrected chi connectivity index (χ2v) is 9.61. The van der Waals surface area contributed by atoms with Gasteiger partial charge in [0.1, 0.15) is 17.3 Å². The molecule has 2 aromatic carbocycles. The van der Waals surface area contributed by atoms with Crippen LogP contribution in [0.25, 0.3) is 11.0 Å². The molecular formula is C21H23F2N3O5S. The van der Waals surface area contributed by atoms with Gasteiger partial charge in [-0.15, -0.1) is 0 Å². The molecule has 0 aliphatic heterocycles. The number of imidazole rings is 1. The first-order valence-corrected chi connectivity index (χ1v) is 11.0. The Bertz CT molecular complexity index is 1250. The standard InChI is InChI=1S/C21H23F2N3O5S/c1-21(2,3)25-32(28,29)17-11-13(9-10-16(17)30-4)19(27)31-12-18-24-14-7-5-6-8-15(14)26(18)20(22)23/h5-11,20,25H,12H2,1-4H3. The first kappa shape index (κ1) is 23.6. The van der Waals surface area contributed by atoms with Gasteiger partial charge < -0.3 is 9.47 Å². The average Bonchev–Trinajstić information content (AvgIpc) is 3.08. The van der Waals surface area contributed by atoms with E-state index in [1.54, 1.807) is 39.0 Å². The first-order chi connectivity index (χ1) is 14.9. The Hall–Kier alpha value is -3.05. The second kappa shape index (κ2) is 8.83. The Kier molecular flexibility index (Phi) is 6.51. The third kappa shape index (κ3) is 5.05. The molecule has 0 aliphatic rings. The van der Waals surface area contributed by atoms with Gasteiger partial charge in [0.05, 0.1) is 23.7 Å². The topological polar surface area (TPSA) is 99.5 Å². The normalized spacial score (nSPS) is 12.3. The van der Waals surface area contributed by atoms with Crippen LogP contribution in [0.2, 0.25) is 0 Å². The first-order valence-electron chi connectivity index (χ1n) is 9.56. The minimum absolute atomic E-state index is 0.0396. The molecule has 1 aromatic heterocycles. The summed E-state index contributed by atoms with van der Waals surface area (Å²) in [5, 5.41) is 0. The van der Waals surface area contributed by atoms with Crippen molar-refractivity contribution in [3.8, 4) is 5.75 Å². The number of methoxy groups -OCH3 is 1.